The van der Waals surface area contributed by atoms with Crippen molar-refractivity contribution in [2.75, 3.05) is 59.5 Å². The molecule has 0 saturated carbocycles. The highest BCUT2D eigenvalue weighted by molar-refractivity contribution is 5.80. The van der Waals surface area contributed by atoms with Gasteiger partial charge in [0.2, 0.25) is 0 Å². The molecule has 6 nitrogen and oxygen atoms in total. The van der Waals surface area contributed by atoms with Gasteiger partial charge in [-0.15, -0.1) is 0 Å². The smallest absolute Gasteiger partial charge is 0.376 e. The fraction of sp³-hybridized carbons (Fsp3) is 0.944. The van der Waals surface area contributed by atoms with Crippen LogP contribution >= 0.6 is 0 Å². The van der Waals surface area contributed by atoms with Gasteiger partial charge in [-0.3, -0.25) is 9.89 Å². The third kappa shape index (κ3) is 8.66. The van der Waals surface area contributed by atoms with Gasteiger partial charge in [0, 0.05) is 32.8 Å². The van der Waals surface area contributed by atoms with E-state index in [-0.39, 0.29) is 18.8 Å². The fourth-order valence-corrected chi connectivity index (χ4v) is 3.39. The van der Waals surface area contributed by atoms with Crippen LogP contribution in [0.15, 0.2) is 4.99 Å². The van der Waals surface area contributed by atoms with Crippen LogP contribution in [0.1, 0.15) is 32.6 Å². The average molecular weight is 394 g/mol. The minimum Gasteiger partial charge on any atom is -0.376 e. The summed E-state index contributed by atoms with van der Waals surface area (Å²) in [5.74, 6) is 0.774. The van der Waals surface area contributed by atoms with Crippen LogP contribution in [0.3, 0.4) is 0 Å². The lowest BCUT2D eigenvalue weighted by Gasteiger charge is -2.34. The van der Waals surface area contributed by atoms with Crippen LogP contribution in [0.5, 0.6) is 0 Å². The van der Waals surface area contributed by atoms with Gasteiger partial charge in [-0.25, -0.2) is 0 Å². The van der Waals surface area contributed by atoms with Gasteiger partial charge in [-0.1, -0.05) is 0 Å². The highest BCUT2D eigenvalue weighted by Gasteiger charge is 2.29. The largest absolute Gasteiger partial charge is 0.401 e. The van der Waals surface area contributed by atoms with Crippen LogP contribution in [0.25, 0.3) is 0 Å². The number of ether oxygens (including phenoxy) is 2. The van der Waals surface area contributed by atoms with E-state index >= 15 is 0 Å². The molecule has 2 aliphatic heterocycles. The van der Waals surface area contributed by atoms with Gasteiger partial charge in [-0.2, -0.15) is 13.2 Å². The van der Waals surface area contributed by atoms with E-state index in [1.54, 1.807) is 0 Å². The number of nitrogens with zero attached hydrogens (tertiary/aromatic N) is 3. The Balaban J connectivity index is 1.72. The second-order valence-electron chi connectivity index (χ2n) is 7.24. The molecule has 0 radical (unpaired) electrons. The van der Waals surface area contributed by atoms with Crippen molar-refractivity contribution < 1.29 is 22.6 Å². The molecule has 2 rings (SSSR count). The number of guanidine groups is 1. The lowest BCUT2D eigenvalue weighted by molar-refractivity contribution is -0.142. The van der Waals surface area contributed by atoms with Crippen LogP contribution in [0.2, 0.25) is 0 Å². The number of alkyl halides is 3. The molecule has 0 aromatic rings. The third-order valence-electron chi connectivity index (χ3n) is 4.81. The predicted molar refractivity (Wildman–Crippen MR) is 99.1 cm³/mol. The molecule has 9 heteroatoms. The molecule has 2 fully saturated rings. The Labute approximate surface area is 160 Å². The number of likely N-dealkylation sites (tertiary alicyclic amines) is 1. The van der Waals surface area contributed by atoms with Crippen LogP contribution in [-0.2, 0) is 9.47 Å². The normalized spacial score (nSPS) is 22.7. The van der Waals surface area contributed by atoms with Gasteiger partial charge >= 0.3 is 6.18 Å². The standard InChI is InChI=1S/C18H33F3N4O2/c1-3-22-17(23-8-11-24(2)14-18(19,20)21)25-9-6-15(7-10-25)27-13-16-5-4-12-26-16/h15-16H,3-14H2,1-2H3,(H,22,23). The topological polar surface area (TPSA) is 49.3 Å². The number of halogens is 3. The first-order chi connectivity index (χ1) is 12.9. The summed E-state index contributed by atoms with van der Waals surface area (Å²) in [5.41, 5.74) is 0. The summed E-state index contributed by atoms with van der Waals surface area (Å²) in [5, 5.41) is 3.24. The van der Waals surface area contributed by atoms with Crippen molar-refractivity contribution in [2.24, 2.45) is 4.99 Å². The molecule has 0 amide bonds. The van der Waals surface area contributed by atoms with Crippen molar-refractivity contribution >= 4 is 5.96 Å². The van der Waals surface area contributed by atoms with E-state index in [1.165, 1.54) is 11.9 Å². The third-order valence-corrected chi connectivity index (χ3v) is 4.81. The highest BCUT2D eigenvalue weighted by atomic mass is 19.4. The molecule has 1 atom stereocenters. The SMILES string of the molecule is CCNC(=NCCN(C)CC(F)(F)F)N1CCC(OCC2CCCO2)CC1. The zero-order chi connectivity index (χ0) is 19.7. The van der Waals surface area contributed by atoms with E-state index in [4.69, 9.17) is 9.47 Å². The fourth-order valence-electron chi connectivity index (χ4n) is 3.39. The van der Waals surface area contributed by atoms with Crippen molar-refractivity contribution in [1.29, 1.82) is 0 Å². The van der Waals surface area contributed by atoms with Crippen molar-refractivity contribution in [3.8, 4) is 0 Å². The minimum absolute atomic E-state index is 0.242. The first-order valence-electron chi connectivity index (χ1n) is 9.89. The minimum atomic E-state index is -4.17. The van der Waals surface area contributed by atoms with Gasteiger partial charge < -0.3 is 19.7 Å². The molecule has 2 heterocycles. The summed E-state index contributed by atoms with van der Waals surface area (Å²) >= 11 is 0. The summed E-state index contributed by atoms with van der Waals surface area (Å²) in [6, 6.07) is 0. The molecule has 0 aromatic carbocycles. The second kappa shape index (κ2) is 11.1. The van der Waals surface area contributed by atoms with E-state index in [0.717, 1.165) is 57.9 Å². The molecule has 2 aliphatic rings. The van der Waals surface area contributed by atoms with Gasteiger partial charge in [-0.05, 0) is 39.7 Å². The molecular weight excluding hydrogens is 361 g/mol. The average Bonchev–Trinajstić information content (AvgIpc) is 3.12. The zero-order valence-corrected chi connectivity index (χ0v) is 16.4. The maximum absolute atomic E-state index is 12.4. The lowest BCUT2D eigenvalue weighted by atomic mass is 10.1. The van der Waals surface area contributed by atoms with Gasteiger partial charge in [0.15, 0.2) is 5.96 Å². The lowest BCUT2D eigenvalue weighted by Crippen LogP contribution is -2.47. The Bertz CT molecular complexity index is 448. The van der Waals surface area contributed by atoms with E-state index in [2.05, 4.69) is 15.2 Å². The predicted octanol–water partition coefficient (Wildman–Crippen LogP) is 2.11. The maximum Gasteiger partial charge on any atom is 0.401 e. The summed E-state index contributed by atoms with van der Waals surface area (Å²) in [6.07, 6.45) is 0.359. The number of piperidine rings is 1. The molecule has 1 N–H and O–H groups in total. The Hall–Kier alpha value is -1.06. The molecule has 0 aromatic heterocycles. The molecular formula is C18H33F3N4O2. The Kier molecular flexibility index (Phi) is 9.11. The van der Waals surface area contributed by atoms with Crippen molar-refractivity contribution in [3.05, 3.63) is 0 Å². The zero-order valence-electron chi connectivity index (χ0n) is 16.4. The number of likely N-dealkylation sites (N-methyl/N-ethyl adjacent to an activating group) is 1. The van der Waals surface area contributed by atoms with Crippen LogP contribution in [0.4, 0.5) is 13.2 Å². The summed E-state index contributed by atoms with van der Waals surface area (Å²) in [6.45, 7) is 5.60. The Morgan fingerprint density at radius 2 is 2.04 bits per heavy atom. The first-order valence-corrected chi connectivity index (χ1v) is 9.89. The molecule has 1 unspecified atom stereocenters. The van der Waals surface area contributed by atoms with Gasteiger partial charge in [0.25, 0.3) is 0 Å². The monoisotopic (exact) mass is 394 g/mol. The van der Waals surface area contributed by atoms with Crippen LogP contribution in [-0.4, -0.2) is 93.7 Å². The number of hydrogen-bond acceptors (Lipinski definition) is 4. The van der Waals surface area contributed by atoms with Crippen molar-refractivity contribution in [1.82, 2.24) is 15.1 Å². The molecule has 158 valence electrons. The molecule has 0 bridgehead atoms. The number of hydrogen-bond donors (Lipinski definition) is 1. The summed E-state index contributed by atoms with van der Waals surface area (Å²) in [7, 11) is 1.47. The Morgan fingerprint density at radius 3 is 2.63 bits per heavy atom. The molecule has 2 saturated heterocycles. The van der Waals surface area contributed by atoms with E-state index in [9.17, 15) is 13.2 Å². The van der Waals surface area contributed by atoms with E-state index < -0.39 is 12.7 Å². The Morgan fingerprint density at radius 1 is 1.30 bits per heavy atom. The highest BCUT2D eigenvalue weighted by Crippen LogP contribution is 2.18. The van der Waals surface area contributed by atoms with Gasteiger partial charge in [0.05, 0.1) is 31.9 Å². The quantitative estimate of drug-likeness (QED) is 0.505. The van der Waals surface area contributed by atoms with E-state index in [0.29, 0.717) is 13.2 Å². The maximum atomic E-state index is 12.4. The summed E-state index contributed by atoms with van der Waals surface area (Å²) in [4.78, 5) is 7.92. The van der Waals surface area contributed by atoms with Crippen LogP contribution in [0, 0.1) is 0 Å². The van der Waals surface area contributed by atoms with Crippen molar-refractivity contribution in [3.63, 3.8) is 0 Å². The molecule has 27 heavy (non-hydrogen) atoms. The number of nitrogens with one attached hydrogen (secondary N) is 1. The molecule has 0 aliphatic carbocycles. The van der Waals surface area contributed by atoms with Crippen molar-refractivity contribution in [2.45, 2.75) is 51.0 Å². The first kappa shape index (κ1) is 22.2. The van der Waals surface area contributed by atoms with E-state index in [1.807, 2.05) is 6.92 Å². The van der Waals surface area contributed by atoms with Crippen LogP contribution < -0.4 is 5.32 Å². The van der Waals surface area contributed by atoms with Gasteiger partial charge in [0.1, 0.15) is 0 Å². The number of rotatable bonds is 8. The number of aliphatic imine (C=N–C) groups is 1. The molecule has 0 spiro atoms. The summed E-state index contributed by atoms with van der Waals surface area (Å²) < 4.78 is 48.7. The second-order valence-corrected chi connectivity index (χ2v) is 7.24.